The van der Waals surface area contributed by atoms with Gasteiger partial charge in [-0.3, -0.25) is 0 Å². The van der Waals surface area contributed by atoms with Crippen LogP contribution in [-0.2, 0) is 0 Å². The van der Waals surface area contributed by atoms with Crippen molar-refractivity contribution in [1.82, 2.24) is 5.32 Å². The molecule has 1 heteroatoms. The molecule has 0 heterocycles. The molecule has 0 radical (unpaired) electrons. The quantitative estimate of drug-likeness (QED) is 0.750. The molecular weight excluding hydrogens is 182 g/mol. The Kier molecular flexibility index (Phi) is 2.54. The van der Waals surface area contributed by atoms with Crippen molar-refractivity contribution in [2.24, 2.45) is 29.6 Å². The highest BCUT2D eigenvalue weighted by Crippen LogP contribution is 2.57. The summed E-state index contributed by atoms with van der Waals surface area (Å²) in [5.41, 5.74) is 0. The van der Waals surface area contributed by atoms with Crippen LogP contribution in [0.1, 0.15) is 46.0 Å². The van der Waals surface area contributed by atoms with Crippen LogP contribution in [0.25, 0.3) is 0 Å². The molecule has 4 aliphatic carbocycles. The van der Waals surface area contributed by atoms with Crippen LogP contribution in [0.2, 0.25) is 0 Å². The van der Waals surface area contributed by atoms with E-state index in [0.717, 1.165) is 42.2 Å². The maximum absolute atomic E-state index is 3.67. The fourth-order valence-corrected chi connectivity index (χ4v) is 5.24. The van der Waals surface area contributed by atoms with Crippen molar-refractivity contribution in [2.75, 3.05) is 6.54 Å². The van der Waals surface area contributed by atoms with Crippen molar-refractivity contribution in [3.05, 3.63) is 0 Å². The maximum Gasteiger partial charge on any atom is 0.00721 e. The van der Waals surface area contributed by atoms with E-state index in [-0.39, 0.29) is 0 Å². The summed E-state index contributed by atoms with van der Waals surface area (Å²) >= 11 is 0. The molecule has 0 aliphatic heterocycles. The van der Waals surface area contributed by atoms with Gasteiger partial charge in [0.2, 0.25) is 0 Å². The van der Waals surface area contributed by atoms with Crippen molar-refractivity contribution in [3.8, 4) is 0 Å². The first-order valence-electron chi connectivity index (χ1n) is 7.01. The zero-order valence-corrected chi connectivity index (χ0v) is 10.2. The smallest absolute Gasteiger partial charge is 0.00721 e. The molecule has 86 valence electrons. The van der Waals surface area contributed by atoms with Gasteiger partial charge >= 0.3 is 0 Å². The van der Waals surface area contributed by atoms with Crippen LogP contribution in [0, 0.1) is 29.6 Å². The van der Waals surface area contributed by atoms with Gasteiger partial charge in [-0.05, 0) is 75.2 Å². The van der Waals surface area contributed by atoms with Crippen LogP contribution in [-0.4, -0.2) is 12.6 Å². The van der Waals surface area contributed by atoms with Gasteiger partial charge in [0.25, 0.3) is 0 Å². The van der Waals surface area contributed by atoms with Gasteiger partial charge in [0.1, 0.15) is 0 Å². The summed E-state index contributed by atoms with van der Waals surface area (Å²) in [5, 5.41) is 3.67. The molecule has 0 amide bonds. The molecule has 0 aromatic carbocycles. The maximum atomic E-state index is 3.67. The van der Waals surface area contributed by atoms with E-state index in [0.29, 0.717) is 0 Å². The predicted octanol–water partition coefficient (Wildman–Crippen LogP) is 3.06. The minimum Gasteiger partial charge on any atom is -0.314 e. The SMILES string of the molecule is CCNC(C)C1C2CC3CC(C2)CC1C3. The van der Waals surface area contributed by atoms with Gasteiger partial charge in [0, 0.05) is 6.04 Å². The van der Waals surface area contributed by atoms with Gasteiger partial charge in [0.05, 0.1) is 0 Å². The van der Waals surface area contributed by atoms with E-state index in [1.54, 1.807) is 32.1 Å². The fourth-order valence-electron chi connectivity index (χ4n) is 5.24. The topological polar surface area (TPSA) is 12.0 Å². The molecule has 4 rings (SSSR count). The van der Waals surface area contributed by atoms with Gasteiger partial charge in [-0.25, -0.2) is 0 Å². The Morgan fingerprint density at radius 1 is 1.00 bits per heavy atom. The van der Waals surface area contributed by atoms with E-state index in [4.69, 9.17) is 0 Å². The summed E-state index contributed by atoms with van der Waals surface area (Å²) < 4.78 is 0. The molecule has 4 bridgehead atoms. The van der Waals surface area contributed by atoms with Crippen LogP contribution in [0.3, 0.4) is 0 Å². The normalized spacial score (nSPS) is 49.6. The molecule has 1 unspecified atom stereocenters. The highest BCUT2D eigenvalue weighted by Gasteiger charge is 2.49. The van der Waals surface area contributed by atoms with Crippen LogP contribution in [0.4, 0.5) is 0 Å². The second-order valence-electron chi connectivity index (χ2n) is 6.35. The van der Waals surface area contributed by atoms with Crippen LogP contribution < -0.4 is 5.32 Å². The average molecular weight is 207 g/mol. The summed E-state index contributed by atoms with van der Waals surface area (Å²) in [6.07, 6.45) is 7.83. The van der Waals surface area contributed by atoms with Crippen molar-refractivity contribution in [3.63, 3.8) is 0 Å². The third-order valence-electron chi connectivity index (χ3n) is 5.40. The third-order valence-corrected chi connectivity index (χ3v) is 5.40. The Hall–Kier alpha value is -0.0400. The molecule has 0 saturated heterocycles. The van der Waals surface area contributed by atoms with E-state index in [1.807, 2.05) is 0 Å². The number of hydrogen-bond donors (Lipinski definition) is 1. The average Bonchev–Trinajstić information content (AvgIpc) is 2.15. The van der Waals surface area contributed by atoms with Crippen molar-refractivity contribution >= 4 is 0 Å². The molecule has 4 aliphatic rings. The molecular formula is C14H25N. The Labute approximate surface area is 94.0 Å². The molecule has 0 aromatic rings. The summed E-state index contributed by atoms with van der Waals surface area (Å²) in [6, 6.07) is 0.769. The minimum absolute atomic E-state index is 0.769. The first-order chi connectivity index (χ1) is 7.28. The number of rotatable bonds is 3. The largest absolute Gasteiger partial charge is 0.314 e. The zero-order valence-electron chi connectivity index (χ0n) is 10.2. The van der Waals surface area contributed by atoms with Crippen molar-refractivity contribution < 1.29 is 0 Å². The van der Waals surface area contributed by atoms with E-state index < -0.39 is 0 Å². The predicted molar refractivity (Wildman–Crippen MR) is 63.7 cm³/mol. The molecule has 1 nitrogen and oxygen atoms in total. The first kappa shape index (κ1) is 10.1. The van der Waals surface area contributed by atoms with Gasteiger partial charge in [0.15, 0.2) is 0 Å². The fraction of sp³-hybridized carbons (Fsp3) is 1.00. The Balaban J connectivity index is 1.74. The zero-order chi connectivity index (χ0) is 10.4. The van der Waals surface area contributed by atoms with Gasteiger partial charge in [-0.1, -0.05) is 6.92 Å². The minimum atomic E-state index is 0.769. The summed E-state index contributed by atoms with van der Waals surface area (Å²) in [7, 11) is 0. The Bertz CT molecular complexity index is 207. The summed E-state index contributed by atoms with van der Waals surface area (Å²) in [4.78, 5) is 0. The van der Waals surface area contributed by atoms with Crippen LogP contribution in [0.15, 0.2) is 0 Å². The van der Waals surface area contributed by atoms with Crippen LogP contribution in [0.5, 0.6) is 0 Å². The van der Waals surface area contributed by atoms with Gasteiger partial charge in [-0.2, -0.15) is 0 Å². The van der Waals surface area contributed by atoms with E-state index in [1.165, 1.54) is 0 Å². The van der Waals surface area contributed by atoms with Gasteiger partial charge < -0.3 is 5.32 Å². The first-order valence-corrected chi connectivity index (χ1v) is 7.01. The Morgan fingerprint density at radius 2 is 1.53 bits per heavy atom. The van der Waals surface area contributed by atoms with E-state index >= 15 is 0 Å². The standard InChI is InChI=1S/C14H25N/c1-3-15-9(2)14-12-5-10-4-11(7-12)8-13(14)6-10/h9-15H,3-8H2,1-2H3. The summed E-state index contributed by atoms with van der Waals surface area (Å²) in [5.74, 6) is 5.42. The third kappa shape index (κ3) is 1.63. The highest BCUT2D eigenvalue weighted by atomic mass is 14.9. The van der Waals surface area contributed by atoms with Gasteiger partial charge in [-0.15, -0.1) is 0 Å². The lowest BCUT2D eigenvalue weighted by Crippen LogP contribution is -2.52. The molecule has 0 aromatic heterocycles. The molecule has 15 heavy (non-hydrogen) atoms. The van der Waals surface area contributed by atoms with Crippen LogP contribution >= 0.6 is 0 Å². The summed E-state index contributed by atoms with van der Waals surface area (Å²) in [6.45, 7) is 5.81. The van der Waals surface area contributed by atoms with E-state index in [9.17, 15) is 0 Å². The molecule has 4 saturated carbocycles. The second kappa shape index (κ2) is 3.76. The molecule has 1 atom stereocenters. The molecule has 0 spiro atoms. The number of nitrogens with one attached hydrogen (secondary N) is 1. The monoisotopic (exact) mass is 207 g/mol. The lowest BCUT2D eigenvalue weighted by Gasteiger charge is -2.56. The molecule has 1 N–H and O–H groups in total. The Morgan fingerprint density at radius 3 is 2.00 bits per heavy atom. The highest BCUT2D eigenvalue weighted by molar-refractivity contribution is 5.00. The lowest BCUT2D eigenvalue weighted by molar-refractivity contribution is -0.0489. The van der Waals surface area contributed by atoms with E-state index in [2.05, 4.69) is 19.2 Å². The lowest BCUT2D eigenvalue weighted by atomic mass is 9.50. The number of hydrogen-bond acceptors (Lipinski definition) is 1. The second-order valence-corrected chi connectivity index (χ2v) is 6.35. The molecule has 4 fully saturated rings. The van der Waals surface area contributed by atoms with Crippen molar-refractivity contribution in [2.45, 2.75) is 52.0 Å². The van der Waals surface area contributed by atoms with Crippen molar-refractivity contribution in [1.29, 1.82) is 0 Å².